The Morgan fingerprint density at radius 3 is 1.68 bits per heavy atom. The van der Waals surface area contributed by atoms with Crippen molar-refractivity contribution >= 4 is 34.3 Å². The number of hydrogen-bond donors (Lipinski definition) is 0. The van der Waals surface area contributed by atoms with Crippen molar-refractivity contribution < 1.29 is 60.6 Å². The summed E-state index contributed by atoms with van der Waals surface area (Å²) in [7, 11) is -0.551. The largest absolute Gasteiger partial charge is 1.00 e. The Balaban J connectivity index is 0. The van der Waals surface area contributed by atoms with E-state index in [0.717, 1.165) is 17.7 Å². The molecule has 3 unspecified atom stereocenters. The van der Waals surface area contributed by atoms with Crippen molar-refractivity contribution in [2.45, 2.75) is 36.7 Å². The first-order valence-electron chi connectivity index (χ1n) is 8.80. The third-order valence-electron chi connectivity index (χ3n) is 4.14. The van der Waals surface area contributed by atoms with Crippen LogP contribution >= 0.6 is 23.6 Å². The third-order valence-corrected chi connectivity index (χ3v) is 6.79. The first kappa shape index (κ1) is 35.3. The predicted octanol–water partition coefficient (Wildman–Crippen LogP) is 3.10. The maximum absolute atomic E-state index is 12.3. The van der Waals surface area contributed by atoms with Gasteiger partial charge in [0.15, 0.2) is 0 Å². The summed E-state index contributed by atoms with van der Waals surface area (Å²) in [6.07, 6.45) is -0.953. The molecule has 0 aliphatic rings. The fourth-order valence-corrected chi connectivity index (χ4v) is 3.34. The van der Waals surface area contributed by atoms with Crippen LogP contribution in [-0.4, -0.2) is 22.5 Å². The summed E-state index contributed by atoms with van der Waals surface area (Å²) in [5.41, 5.74) is -0.301. The van der Waals surface area contributed by atoms with Gasteiger partial charge in [0.1, 0.15) is 11.4 Å². The van der Waals surface area contributed by atoms with Crippen LogP contribution in [0.1, 0.15) is 46.9 Å². The smallest absolute Gasteiger partial charge is 0.769 e. The normalized spacial score (nSPS) is 13.6. The van der Waals surface area contributed by atoms with Gasteiger partial charge in [-0.3, -0.25) is 9.97 Å². The Bertz CT molecular complexity index is 923. The molecule has 15 heteroatoms. The van der Waals surface area contributed by atoms with E-state index in [2.05, 4.69) is 26.2 Å². The number of nitrogens with zero attached hydrogens (tertiary/aromatic N) is 4. The molecule has 0 spiro atoms. The fraction of sp³-hybridized carbons (Fsp3) is 0.421. The van der Waals surface area contributed by atoms with Crippen molar-refractivity contribution in [1.29, 1.82) is 5.26 Å². The van der Waals surface area contributed by atoms with Crippen molar-refractivity contribution in [3.63, 3.8) is 0 Å². The molecule has 2 aromatic heterocycles. The summed E-state index contributed by atoms with van der Waals surface area (Å²) in [6.45, 7) is 3.73. The fourth-order valence-electron chi connectivity index (χ4n) is 2.10. The molecule has 3 atom stereocenters. The molecule has 0 aliphatic heterocycles. The quantitative estimate of drug-likeness (QED) is 0.328. The first-order valence-corrected chi connectivity index (χ1v) is 12.0. The van der Waals surface area contributed by atoms with Crippen molar-refractivity contribution in [3.05, 3.63) is 59.2 Å². The van der Waals surface area contributed by atoms with Crippen LogP contribution in [0.25, 0.3) is 0 Å². The molecule has 0 radical (unpaired) electrons. The SMILES string of the molecule is CC(c1ccc(C(F)(F)F)nc1)S(C)=NC#N.CSC(C)c1ccc(C(F)(F)F)nc1.[Na+].[O-]Cl. The molecule has 0 saturated carbocycles. The van der Waals surface area contributed by atoms with Gasteiger partial charge in [0, 0.05) is 22.9 Å². The molecule has 0 aromatic carbocycles. The monoisotopic (exact) mass is 556 g/mol. The summed E-state index contributed by atoms with van der Waals surface area (Å²) >= 11 is 4.96. The third kappa shape index (κ3) is 12.2. The van der Waals surface area contributed by atoms with E-state index in [4.69, 9.17) is 9.92 Å². The number of rotatable bonds is 4. The number of aromatic nitrogens is 2. The van der Waals surface area contributed by atoms with Crippen LogP contribution in [0.15, 0.2) is 41.0 Å². The minimum Gasteiger partial charge on any atom is -0.769 e. The minimum atomic E-state index is -4.42. The van der Waals surface area contributed by atoms with Crippen LogP contribution in [-0.2, 0) is 23.0 Å². The zero-order chi connectivity index (χ0) is 25.8. The van der Waals surface area contributed by atoms with Crippen molar-refractivity contribution in [2.75, 3.05) is 12.5 Å². The van der Waals surface area contributed by atoms with E-state index in [1.165, 1.54) is 24.5 Å². The molecule has 2 aromatic rings. The van der Waals surface area contributed by atoms with Gasteiger partial charge < -0.3 is 4.66 Å². The molecule has 2 heterocycles. The maximum atomic E-state index is 12.3. The van der Waals surface area contributed by atoms with Gasteiger partial charge in [0.05, 0.1) is 0 Å². The van der Waals surface area contributed by atoms with Gasteiger partial charge in [-0.25, -0.2) is 11.9 Å². The van der Waals surface area contributed by atoms with E-state index in [1.54, 1.807) is 31.1 Å². The Kier molecular flexibility index (Phi) is 17.4. The maximum Gasteiger partial charge on any atom is 1.00 e. The number of hydrogen-bond acceptors (Lipinski definition) is 6. The van der Waals surface area contributed by atoms with E-state index in [0.29, 0.717) is 5.56 Å². The van der Waals surface area contributed by atoms with Crippen molar-refractivity contribution in [2.24, 2.45) is 4.36 Å². The van der Waals surface area contributed by atoms with Gasteiger partial charge in [-0.15, -0.1) is 0 Å². The van der Waals surface area contributed by atoms with E-state index < -0.39 is 34.4 Å². The van der Waals surface area contributed by atoms with Gasteiger partial charge in [0.25, 0.3) is 0 Å². The van der Waals surface area contributed by atoms with Crippen LogP contribution < -0.4 is 34.2 Å². The van der Waals surface area contributed by atoms with Crippen LogP contribution in [0.3, 0.4) is 0 Å². The zero-order valence-electron chi connectivity index (χ0n) is 18.8. The molecule has 0 bridgehead atoms. The molecule has 34 heavy (non-hydrogen) atoms. The summed E-state index contributed by atoms with van der Waals surface area (Å²) in [4.78, 5) is 6.75. The molecular formula is C19H20ClF6N4NaOS2. The number of thioether (sulfide) groups is 1. The van der Waals surface area contributed by atoms with E-state index in [9.17, 15) is 26.3 Å². The minimum absolute atomic E-state index is 0. The molecule has 0 aliphatic carbocycles. The number of nitriles is 1. The van der Waals surface area contributed by atoms with Crippen LogP contribution in [0.5, 0.6) is 0 Å². The second kappa shape index (κ2) is 16.7. The van der Waals surface area contributed by atoms with Gasteiger partial charge in [0.2, 0.25) is 6.19 Å². The standard InChI is InChI=1S/C10H10F3N3S.C9H10F3NS.ClO.Na/c1-7(17(2)16-6-14)8-3-4-9(15-5-8)10(11,12)13;1-6(14-2)7-3-4-8(13-5-7)9(10,11)12;1-2;/h3-5,7H,1-2H3;3-6H,1-2H3;;/q;;-1;+1. The topological polar surface area (TPSA) is 85.0 Å². The predicted molar refractivity (Wildman–Crippen MR) is 116 cm³/mol. The number of alkyl halides is 6. The molecule has 0 N–H and O–H groups in total. The van der Waals surface area contributed by atoms with E-state index in [1.807, 2.05) is 13.2 Å². The molecule has 2 rings (SSSR count). The van der Waals surface area contributed by atoms with E-state index in [-0.39, 0.29) is 40.1 Å². The van der Waals surface area contributed by atoms with Gasteiger partial charge >= 0.3 is 41.9 Å². The molecule has 0 fully saturated rings. The average molecular weight is 557 g/mol. The van der Waals surface area contributed by atoms with Crippen molar-refractivity contribution in [3.8, 4) is 6.19 Å². The Labute approximate surface area is 227 Å². The number of pyridine rings is 2. The molecule has 5 nitrogen and oxygen atoms in total. The van der Waals surface area contributed by atoms with Crippen LogP contribution in [0.2, 0.25) is 0 Å². The number of halogens is 7. The second-order valence-corrected chi connectivity index (χ2v) is 9.30. The Morgan fingerprint density at radius 2 is 1.38 bits per heavy atom. The second-order valence-electron chi connectivity index (χ2n) is 6.18. The Morgan fingerprint density at radius 1 is 0.971 bits per heavy atom. The molecular weight excluding hydrogens is 537 g/mol. The molecule has 184 valence electrons. The van der Waals surface area contributed by atoms with Crippen LogP contribution in [0.4, 0.5) is 26.3 Å². The van der Waals surface area contributed by atoms with E-state index >= 15 is 0 Å². The van der Waals surface area contributed by atoms with Gasteiger partial charge in [-0.05, 0) is 49.6 Å². The first-order chi connectivity index (χ1) is 15.3. The summed E-state index contributed by atoms with van der Waals surface area (Å²) in [5.74, 6) is 0. The van der Waals surface area contributed by atoms with Gasteiger partial charge in [-0.1, -0.05) is 22.8 Å². The Hall–Kier alpha value is -0.880. The van der Waals surface area contributed by atoms with Gasteiger partial charge in [-0.2, -0.15) is 47.7 Å². The molecule has 0 saturated heterocycles. The average Bonchev–Trinajstić information content (AvgIpc) is 2.79. The van der Waals surface area contributed by atoms with Crippen molar-refractivity contribution in [1.82, 2.24) is 9.97 Å². The molecule has 0 amide bonds. The van der Waals surface area contributed by atoms with Crippen LogP contribution in [0, 0.1) is 11.5 Å². The summed E-state index contributed by atoms with van der Waals surface area (Å²) < 4.78 is 84.6. The summed E-state index contributed by atoms with van der Waals surface area (Å²) in [5, 5.41) is 8.46. The summed E-state index contributed by atoms with van der Waals surface area (Å²) in [6, 6.07) is 4.80. The zero-order valence-corrected chi connectivity index (χ0v) is 23.2.